The van der Waals surface area contributed by atoms with Gasteiger partial charge in [0.2, 0.25) is 15.9 Å². The fourth-order valence-electron chi connectivity index (χ4n) is 4.53. The number of anilines is 1. The number of fused-ring (bicyclic) bond motifs is 1. The summed E-state index contributed by atoms with van der Waals surface area (Å²) in [4.78, 5) is 25.2. The third-order valence-electron chi connectivity index (χ3n) is 6.29. The number of sulfonamides is 1. The first-order chi connectivity index (χ1) is 15.6. The Morgan fingerprint density at radius 2 is 1.82 bits per heavy atom. The molecule has 2 aromatic carbocycles. The zero-order valence-electron chi connectivity index (χ0n) is 19.3. The molecule has 8 nitrogen and oxygen atoms in total. The van der Waals surface area contributed by atoms with Gasteiger partial charge in [0.15, 0.2) is 5.58 Å². The number of aryl methyl sites for hydroxylation is 1. The van der Waals surface area contributed by atoms with E-state index in [0.29, 0.717) is 24.3 Å². The maximum absolute atomic E-state index is 13.2. The van der Waals surface area contributed by atoms with Gasteiger partial charge in [0, 0.05) is 24.8 Å². The fourth-order valence-corrected chi connectivity index (χ4v) is 6.22. The van der Waals surface area contributed by atoms with E-state index in [1.54, 1.807) is 6.07 Å². The topological polar surface area (TPSA) is 102 Å². The molecule has 0 aliphatic carbocycles. The molecule has 1 aliphatic rings. The molecule has 0 spiro atoms. The number of rotatable bonds is 5. The minimum absolute atomic E-state index is 0.0806. The van der Waals surface area contributed by atoms with Gasteiger partial charge in [-0.25, -0.2) is 13.2 Å². The maximum atomic E-state index is 13.2. The number of hydrogen-bond donors (Lipinski definition) is 1. The van der Waals surface area contributed by atoms with Crippen molar-refractivity contribution < 1.29 is 17.6 Å². The molecule has 2 atom stereocenters. The third-order valence-corrected chi connectivity index (χ3v) is 8.12. The lowest BCUT2D eigenvalue weighted by Crippen LogP contribution is -2.42. The molecule has 4 rings (SSSR count). The van der Waals surface area contributed by atoms with Crippen LogP contribution in [0.2, 0.25) is 0 Å². The standard InChI is InChI=1S/C24H29N3O5S/c1-15-10-16(2)13-26(12-15)33(30,31)19-8-9-21-22(11-19)32-24(29)27(21)14-23(28)25-20-7-5-6-17(3)18(20)4/h5-9,11,15-16H,10,12-14H2,1-4H3,(H,25,28)/t15-,16-/m0/s1. The molecule has 3 aromatic rings. The number of nitrogens with one attached hydrogen (secondary N) is 1. The third kappa shape index (κ3) is 4.60. The predicted molar refractivity (Wildman–Crippen MR) is 127 cm³/mol. The molecule has 1 N–H and O–H groups in total. The number of carbonyl (C=O) groups excluding carboxylic acids is 1. The molecule has 1 aromatic heterocycles. The monoisotopic (exact) mass is 471 g/mol. The molecule has 1 saturated heterocycles. The summed E-state index contributed by atoms with van der Waals surface area (Å²) in [5, 5.41) is 2.83. The molecule has 1 aliphatic heterocycles. The predicted octanol–water partition coefficient (Wildman–Crippen LogP) is 3.52. The summed E-state index contributed by atoms with van der Waals surface area (Å²) in [5.74, 6) is -0.527. The van der Waals surface area contributed by atoms with Gasteiger partial charge in [-0.15, -0.1) is 0 Å². The molecule has 33 heavy (non-hydrogen) atoms. The van der Waals surface area contributed by atoms with E-state index in [0.717, 1.165) is 17.5 Å². The highest BCUT2D eigenvalue weighted by Gasteiger charge is 2.32. The number of benzene rings is 2. The summed E-state index contributed by atoms with van der Waals surface area (Å²) in [7, 11) is -3.71. The van der Waals surface area contributed by atoms with E-state index in [2.05, 4.69) is 5.32 Å². The lowest BCUT2D eigenvalue weighted by molar-refractivity contribution is -0.116. The van der Waals surface area contributed by atoms with E-state index in [1.165, 1.54) is 27.1 Å². The van der Waals surface area contributed by atoms with Gasteiger partial charge < -0.3 is 9.73 Å². The Morgan fingerprint density at radius 3 is 2.52 bits per heavy atom. The molecule has 0 radical (unpaired) electrons. The van der Waals surface area contributed by atoms with E-state index in [4.69, 9.17) is 4.42 Å². The van der Waals surface area contributed by atoms with Crippen LogP contribution in [-0.2, 0) is 21.4 Å². The lowest BCUT2D eigenvalue weighted by atomic mass is 9.94. The van der Waals surface area contributed by atoms with Gasteiger partial charge in [0.1, 0.15) is 6.54 Å². The number of piperidine rings is 1. The summed E-state index contributed by atoms with van der Waals surface area (Å²) in [6.07, 6.45) is 0.993. The Morgan fingerprint density at radius 1 is 1.12 bits per heavy atom. The molecule has 0 saturated carbocycles. The molecule has 176 valence electrons. The first kappa shape index (κ1) is 23.3. The number of carbonyl (C=O) groups is 1. The molecule has 1 fully saturated rings. The summed E-state index contributed by atoms with van der Waals surface area (Å²) in [6, 6.07) is 9.97. The molecule has 1 amide bonds. The van der Waals surface area contributed by atoms with E-state index in [1.807, 2.05) is 39.8 Å². The Kier molecular flexibility index (Phi) is 6.20. The van der Waals surface area contributed by atoms with E-state index < -0.39 is 15.8 Å². The Labute approximate surface area is 193 Å². The van der Waals surface area contributed by atoms with Crippen molar-refractivity contribution in [1.29, 1.82) is 0 Å². The second-order valence-corrected chi connectivity index (χ2v) is 11.1. The van der Waals surface area contributed by atoms with Gasteiger partial charge in [-0.1, -0.05) is 26.0 Å². The quantitative estimate of drug-likeness (QED) is 0.614. The number of aromatic nitrogens is 1. The Bertz CT molecular complexity index is 1360. The van der Waals surface area contributed by atoms with Crippen molar-refractivity contribution in [1.82, 2.24) is 8.87 Å². The number of hydrogen-bond acceptors (Lipinski definition) is 5. The van der Waals surface area contributed by atoms with Gasteiger partial charge in [0.05, 0.1) is 10.4 Å². The fraction of sp³-hybridized carbons (Fsp3) is 0.417. The maximum Gasteiger partial charge on any atom is 0.420 e. The van der Waals surface area contributed by atoms with Crippen molar-refractivity contribution in [2.75, 3.05) is 18.4 Å². The molecule has 0 bridgehead atoms. The van der Waals surface area contributed by atoms with Crippen LogP contribution in [0.3, 0.4) is 0 Å². The van der Waals surface area contributed by atoms with Crippen LogP contribution in [0.4, 0.5) is 5.69 Å². The van der Waals surface area contributed by atoms with Crippen molar-refractivity contribution in [3.63, 3.8) is 0 Å². The lowest BCUT2D eigenvalue weighted by Gasteiger charge is -2.34. The summed E-state index contributed by atoms with van der Waals surface area (Å²) >= 11 is 0. The SMILES string of the molecule is Cc1cccc(NC(=O)Cn2c(=O)oc3cc(S(=O)(=O)N4C[C@@H](C)C[C@H](C)C4)ccc32)c1C. The first-order valence-electron chi connectivity index (χ1n) is 11.1. The van der Waals surface area contributed by atoms with Crippen molar-refractivity contribution in [3.05, 3.63) is 58.1 Å². The van der Waals surface area contributed by atoms with Crippen molar-refractivity contribution >= 4 is 32.7 Å². The highest BCUT2D eigenvalue weighted by atomic mass is 32.2. The molecule has 0 unspecified atom stereocenters. The zero-order valence-corrected chi connectivity index (χ0v) is 20.1. The Balaban J connectivity index is 1.59. The van der Waals surface area contributed by atoms with Crippen LogP contribution in [0.15, 0.2) is 50.5 Å². The summed E-state index contributed by atoms with van der Waals surface area (Å²) in [6.45, 7) is 8.65. The van der Waals surface area contributed by atoms with Gasteiger partial charge in [0.25, 0.3) is 0 Å². The van der Waals surface area contributed by atoms with Crippen LogP contribution in [0.1, 0.15) is 31.4 Å². The smallest absolute Gasteiger partial charge is 0.408 e. The molecule has 2 heterocycles. The van der Waals surface area contributed by atoms with E-state index >= 15 is 0 Å². The zero-order chi connectivity index (χ0) is 23.9. The average molecular weight is 472 g/mol. The minimum atomic E-state index is -3.71. The van der Waals surface area contributed by atoms with Crippen LogP contribution in [0.25, 0.3) is 11.1 Å². The summed E-state index contributed by atoms with van der Waals surface area (Å²) < 4.78 is 34.4. The van der Waals surface area contributed by atoms with Crippen LogP contribution in [0, 0.1) is 25.7 Å². The van der Waals surface area contributed by atoms with Crippen LogP contribution >= 0.6 is 0 Å². The van der Waals surface area contributed by atoms with Crippen molar-refractivity contribution in [2.45, 2.75) is 45.6 Å². The number of amides is 1. The second kappa shape index (κ2) is 8.79. The van der Waals surface area contributed by atoms with E-state index in [9.17, 15) is 18.0 Å². The van der Waals surface area contributed by atoms with Crippen molar-refractivity contribution in [2.24, 2.45) is 11.8 Å². The van der Waals surface area contributed by atoms with Gasteiger partial charge in [-0.2, -0.15) is 4.31 Å². The van der Waals surface area contributed by atoms with Crippen LogP contribution in [-0.4, -0.2) is 36.3 Å². The van der Waals surface area contributed by atoms with Crippen LogP contribution < -0.4 is 11.1 Å². The average Bonchev–Trinajstić information content (AvgIpc) is 3.05. The van der Waals surface area contributed by atoms with Crippen molar-refractivity contribution in [3.8, 4) is 0 Å². The first-order valence-corrected chi connectivity index (χ1v) is 12.5. The normalized spacial score (nSPS) is 19.6. The van der Waals surface area contributed by atoms with Gasteiger partial charge in [-0.3, -0.25) is 9.36 Å². The number of nitrogens with zero attached hydrogens (tertiary/aromatic N) is 2. The van der Waals surface area contributed by atoms with E-state index in [-0.39, 0.29) is 34.8 Å². The molecule has 9 heteroatoms. The van der Waals surface area contributed by atoms with Crippen LogP contribution in [0.5, 0.6) is 0 Å². The minimum Gasteiger partial charge on any atom is -0.408 e. The van der Waals surface area contributed by atoms with Gasteiger partial charge >= 0.3 is 5.76 Å². The number of oxazole rings is 1. The Hall–Kier alpha value is -2.91. The highest BCUT2D eigenvalue weighted by Crippen LogP contribution is 2.28. The molecular formula is C24H29N3O5S. The molecular weight excluding hydrogens is 442 g/mol. The summed E-state index contributed by atoms with van der Waals surface area (Å²) in [5.41, 5.74) is 3.18. The largest absolute Gasteiger partial charge is 0.420 e. The second-order valence-electron chi connectivity index (χ2n) is 9.15. The van der Waals surface area contributed by atoms with Gasteiger partial charge in [-0.05, 0) is 61.4 Å². The highest BCUT2D eigenvalue weighted by molar-refractivity contribution is 7.89.